The van der Waals surface area contributed by atoms with Crippen LogP contribution >= 0.6 is 0 Å². The number of carbonyl (C=O) groups is 1. The fourth-order valence-electron chi connectivity index (χ4n) is 5.87. The Morgan fingerprint density at radius 2 is 1.76 bits per heavy atom. The Morgan fingerprint density at radius 1 is 1.03 bits per heavy atom. The van der Waals surface area contributed by atoms with Crippen LogP contribution < -0.4 is 15.4 Å². The van der Waals surface area contributed by atoms with Gasteiger partial charge in [-0.15, -0.1) is 0 Å². The topological polar surface area (TPSA) is 119 Å². The zero-order valence-corrected chi connectivity index (χ0v) is 21.6. The molecule has 38 heavy (non-hydrogen) atoms. The summed E-state index contributed by atoms with van der Waals surface area (Å²) in [4.78, 5) is 19.4. The molecule has 9 heteroatoms. The lowest BCUT2D eigenvalue weighted by Gasteiger charge is -2.25. The van der Waals surface area contributed by atoms with Gasteiger partial charge in [-0.25, -0.2) is 23.3 Å². The smallest absolute Gasteiger partial charge is 0.322 e. The Balaban J connectivity index is 1.29. The van der Waals surface area contributed by atoms with Gasteiger partial charge in [0.2, 0.25) is 10.0 Å². The van der Waals surface area contributed by atoms with E-state index in [2.05, 4.69) is 34.6 Å². The summed E-state index contributed by atoms with van der Waals surface area (Å²) in [6.07, 6.45) is 7.54. The highest BCUT2D eigenvalue weighted by Gasteiger charge is 2.46. The molecule has 1 aliphatic heterocycles. The number of hydrogen-bond acceptors (Lipinski definition) is 5. The zero-order valence-electron chi connectivity index (χ0n) is 20.8. The van der Waals surface area contributed by atoms with E-state index in [1.165, 1.54) is 24.1 Å². The minimum Gasteiger partial charge on any atom is -0.443 e. The summed E-state index contributed by atoms with van der Waals surface area (Å²) in [5, 5.41) is 8.19. The molecule has 0 radical (unpaired) electrons. The number of hydrogen-bond donors (Lipinski definition) is 2. The SMILES string of the molecule is NS(=O)(=O)c1ccc(CNC(=O)N2CC3(CCCC3)c3cc(-c4ccccc4-c4cnco4)ccc32)cc1. The maximum atomic E-state index is 13.4. The number of nitrogens with one attached hydrogen (secondary N) is 1. The van der Waals surface area contributed by atoms with Crippen molar-refractivity contribution in [1.82, 2.24) is 10.3 Å². The highest BCUT2D eigenvalue weighted by Crippen LogP contribution is 2.51. The van der Waals surface area contributed by atoms with Gasteiger partial charge in [0.05, 0.1) is 11.1 Å². The van der Waals surface area contributed by atoms with Crippen LogP contribution in [0.15, 0.2) is 88.6 Å². The molecule has 1 fully saturated rings. The third kappa shape index (κ3) is 4.37. The molecule has 0 unspecified atom stereocenters. The van der Waals surface area contributed by atoms with Gasteiger partial charge in [-0.2, -0.15) is 0 Å². The first-order valence-electron chi connectivity index (χ1n) is 12.6. The van der Waals surface area contributed by atoms with Gasteiger partial charge < -0.3 is 9.73 Å². The molecule has 2 amide bonds. The van der Waals surface area contributed by atoms with Gasteiger partial charge >= 0.3 is 6.03 Å². The van der Waals surface area contributed by atoms with E-state index in [1.807, 2.05) is 23.1 Å². The molecule has 0 atom stereocenters. The minimum atomic E-state index is -3.75. The van der Waals surface area contributed by atoms with Crippen molar-refractivity contribution in [1.29, 1.82) is 0 Å². The van der Waals surface area contributed by atoms with E-state index < -0.39 is 10.0 Å². The molecule has 2 aliphatic rings. The van der Waals surface area contributed by atoms with Crippen molar-refractivity contribution in [3.8, 4) is 22.5 Å². The molecule has 1 aliphatic carbocycles. The Bertz CT molecular complexity index is 1590. The number of amides is 2. The van der Waals surface area contributed by atoms with Gasteiger partial charge in [-0.3, -0.25) is 4.90 Å². The van der Waals surface area contributed by atoms with Crippen LogP contribution in [0.1, 0.15) is 36.8 Å². The van der Waals surface area contributed by atoms with Gasteiger partial charge in [0, 0.05) is 29.8 Å². The highest BCUT2D eigenvalue weighted by atomic mass is 32.2. The number of anilines is 1. The molecular formula is C29H28N4O4S. The second-order valence-electron chi connectivity index (χ2n) is 10.1. The molecule has 6 rings (SSSR count). The maximum absolute atomic E-state index is 13.4. The number of benzene rings is 3. The zero-order chi connectivity index (χ0) is 26.3. The molecule has 8 nitrogen and oxygen atoms in total. The lowest BCUT2D eigenvalue weighted by molar-refractivity contribution is 0.245. The maximum Gasteiger partial charge on any atom is 0.322 e. The van der Waals surface area contributed by atoms with Crippen molar-refractivity contribution in [3.63, 3.8) is 0 Å². The molecular weight excluding hydrogens is 500 g/mol. The fourth-order valence-corrected chi connectivity index (χ4v) is 6.38. The number of primary sulfonamides is 1. The van der Waals surface area contributed by atoms with E-state index in [1.54, 1.807) is 18.3 Å². The van der Waals surface area contributed by atoms with Crippen LogP contribution in [0.2, 0.25) is 0 Å². The van der Waals surface area contributed by atoms with Crippen molar-refractivity contribution in [2.24, 2.45) is 5.14 Å². The summed E-state index contributed by atoms with van der Waals surface area (Å²) in [7, 11) is -3.75. The minimum absolute atomic E-state index is 0.0462. The van der Waals surface area contributed by atoms with E-state index in [9.17, 15) is 13.2 Å². The van der Waals surface area contributed by atoms with Crippen LogP contribution in [0.4, 0.5) is 10.5 Å². The Labute approximate surface area is 221 Å². The first-order chi connectivity index (χ1) is 18.3. The largest absolute Gasteiger partial charge is 0.443 e. The molecule has 3 N–H and O–H groups in total. The second kappa shape index (κ2) is 9.41. The molecule has 1 spiro atoms. The molecule has 1 saturated carbocycles. The Hall–Kier alpha value is -3.95. The summed E-state index contributed by atoms with van der Waals surface area (Å²) >= 11 is 0. The number of fused-ring (bicyclic) bond motifs is 2. The lowest BCUT2D eigenvalue weighted by atomic mass is 9.79. The number of sulfonamides is 1. The fraction of sp³-hybridized carbons (Fsp3) is 0.241. The second-order valence-corrected chi connectivity index (χ2v) is 11.6. The van der Waals surface area contributed by atoms with Crippen molar-refractivity contribution >= 4 is 21.7 Å². The normalized spacial score (nSPS) is 16.1. The number of carbonyl (C=O) groups excluding carboxylic acids is 1. The van der Waals surface area contributed by atoms with Crippen LogP contribution in [0, 0.1) is 0 Å². The first kappa shape index (κ1) is 24.4. The van der Waals surface area contributed by atoms with Crippen LogP contribution in [-0.4, -0.2) is 26.0 Å². The summed E-state index contributed by atoms with van der Waals surface area (Å²) in [6.45, 7) is 0.928. The highest BCUT2D eigenvalue weighted by molar-refractivity contribution is 7.89. The van der Waals surface area contributed by atoms with E-state index in [4.69, 9.17) is 9.56 Å². The number of nitrogens with two attached hydrogens (primary N) is 1. The quantitative estimate of drug-likeness (QED) is 0.369. The summed E-state index contributed by atoms with van der Waals surface area (Å²) < 4.78 is 28.6. The van der Waals surface area contributed by atoms with Crippen molar-refractivity contribution in [2.75, 3.05) is 11.4 Å². The summed E-state index contributed by atoms with van der Waals surface area (Å²) in [5.41, 5.74) is 6.01. The van der Waals surface area contributed by atoms with Crippen LogP contribution in [-0.2, 0) is 22.0 Å². The number of rotatable bonds is 5. The van der Waals surface area contributed by atoms with Gasteiger partial charge in [-0.1, -0.05) is 55.3 Å². The molecule has 3 aromatic carbocycles. The number of oxazole rings is 1. The van der Waals surface area contributed by atoms with Crippen LogP contribution in [0.25, 0.3) is 22.5 Å². The lowest BCUT2D eigenvalue weighted by Crippen LogP contribution is -2.41. The van der Waals surface area contributed by atoms with Gasteiger partial charge in [-0.05, 0) is 59.4 Å². The van der Waals surface area contributed by atoms with Crippen LogP contribution in [0.5, 0.6) is 0 Å². The average Bonchev–Trinajstić information content (AvgIpc) is 3.69. The van der Waals surface area contributed by atoms with Crippen LogP contribution in [0.3, 0.4) is 0 Å². The Kier molecular flexibility index (Phi) is 6.04. The molecule has 1 aromatic heterocycles. The van der Waals surface area contributed by atoms with Gasteiger partial charge in [0.15, 0.2) is 12.2 Å². The number of urea groups is 1. The summed E-state index contributed by atoms with van der Waals surface area (Å²) in [5.74, 6) is 0.717. The molecule has 0 bridgehead atoms. The van der Waals surface area contributed by atoms with Gasteiger partial charge in [0.25, 0.3) is 0 Å². The molecule has 194 valence electrons. The van der Waals surface area contributed by atoms with Gasteiger partial charge in [0.1, 0.15) is 0 Å². The number of aromatic nitrogens is 1. The standard InChI is InChI=1S/C29H28N4O4S/c30-38(35,36)22-10-7-20(8-11-22)16-32-28(34)33-18-29(13-3-4-14-29)25-15-21(9-12-26(25)33)23-5-1-2-6-24(23)27-17-31-19-37-27/h1-2,5-12,15,17,19H,3-4,13-14,16,18H2,(H,32,34)(H2,30,35,36). The third-order valence-corrected chi connectivity index (χ3v) is 8.69. The van der Waals surface area contributed by atoms with Crippen molar-refractivity contribution < 1.29 is 17.6 Å². The molecule has 0 saturated heterocycles. The monoisotopic (exact) mass is 528 g/mol. The third-order valence-electron chi connectivity index (χ3n) is 7.76. The van der Waals surface area contributed by atoms with E-state index in [0.717, 1.165) is 59.4 Å². The molecule has 4 aromatic rings. The average molecular weight is 529 g/mol. The number of nitrogens with zero attached hydrogens (tertiary/aromatic N) is 2. The Morgan fingerprint density at radius 3 is 2.45 bits per heavy atom. The predicted molar refractivity (Wildman–Crippen MR) is 145 cm³/mol. The van der Waals surface area contributed by atoms with E-state index >= 15 is 0 Å². The predicted octanol–water partition coefficient (Wildman–Crippen LogP) is 5.20. The van der Waals surface area contributed by atoms with E-state index in [0.29, 0.717) is 6.54 Å². The summed E-state index contributed by atoms with van der Waals surface area (Å²) in [6, 6.07) is 20.5. The molecule has 2 heterocycles. The van der Waals surface area contributed by atoms with Crippen molar-refractivity contribution in [3.05, 3.63) is 90.4 Å². The first-order valence-corrected chi connectivity index (χ1v) is 14.2. The van der Waals surface area contributed by atoms with E-state index in [-0.39, 0.29) is 22.9 Å². The van der Waals surface area contributed by atoms with Crippen molar-refractivity contribution in [2.45, 2.75) is 42.5 Å².